The van der Waals surface area contributed by atoms with Gasteiger partial charge in [0.05, 0.1) is 22.9 Å². The molecule has 1 fully saturated rings. The molecule has 7 rings (SSSR count). The molecule has 7 nitrogen and oxygen atoms in total. The maximum atomic E-state index is 13.8. The SMILES string of the molecule is O=CC12c3ccccc3C(c3ccccc31)[C@@H]1C(=O)N(c3cccc([NH+]([O-])O)c3)C(=O)[C@@H]12. The summed E-state index contributed by atoms with van der Waals surface area (Å²) in [7, 11) is 0. The van der Waals surface area contributed by atoms with Crippen LogP contribution in [0.5, 0.6) is 0 Å². The molecular formula is C25H18N2O5. The largest absolute Gasteiger partial charge is 0.595 e. The molecular weight excluding hydrogens is 408 g/mol. The van der Waals surface area contributed by atoms with Crippen molar-refractivity contribution in [2.24, 2.45) is 11.8 Å². The van der Waals surface area contributed by atoms with Gasteiger partial charge in [0.1, 0.15) is 6.29 Å². The van der Waals surface area contributed by atoms with Crippen LogP contribution in [0, 0.1) is 17.0 Å². The van der Waals surface area contributed by atoms with Gasteiger partial charge in [-0.1, -0.05) is 54.6 Å². The Kier molecular flexibility index (Phi) is 3.83. The second-order valence-corrected chi connectivity index (χ2v) is 8.51. The van der Waals surface area contributed by atoms with Crippen LogP contribution in [0.4, 0.5) is 11.4 Å². The van der Waals surface area contributed by atoms with Crippen molar-refractivity contribution in [1.82, 2.24) is 0 Å². The lowest BCUT2D eigenvalue weighted by atomic mass is 9.48. The molecule has 1 aliphatic heterocycles. The highest BCUT2D eigenvalue weighted by atomic mass is 16.8. The predicted molar refractivity (Wildman–Crippen MR) is 113 cm³/mol. The number of amides is 2. The Morgan fingerprint density at radius 2 is 1.53 bits per heavy atom. The van der Waals surface area contributed by atoms with E-state index in [2.05, 4.69) is 0 Å². The average molecular weight is 426 g/mol. The highest BCUT2D eigenvalue weighted by Gasteiger charge is 2.68. The smallest absolute Gasteiger partial charge is 0.239 e. The second-order valence-electron chi connectivity index (χ2n) is 8.51. The molecule has 3 aromatic carbocycles. The number of anilines is 1. The van der Waals surface area contributed by atoms with Gasteiger partial charge in [-0.3, -0.25) is 9.59 Å². The van der Waals surface area contributed by atoms with E-state index < -0.39 is 34.3 Å². The van der Waals surface area contributed by atoms with Crippen molar-refractivity contribution in [2.45, 2.75) is 11.3 Å². The van der Waals surface area contributed by atoms with Crippen molar-refractivity contribution in [1.29, 1.82) is 0 Å². The molecule has 0 spiro atoms. The van der Waals surface area contributed by atoms with Crippen LogP contribution in [0.1, 0.15) is 28.2 Å². The molecule has 2 N–H and O–H groups in total. The quantitative estimate of drug-likeness (QED) is 0.378. The van der Waals surface area contributed by atoms with Gasteiger partial charge in [0, 0.05) is 18.1 Å². The van der Waals surface area contributed by atoms with Crippen LogP contribution in [0.3, 0.4) is 0 Å². The minimum Gasteiger partial charge on any atom is -0.595 e. The number of nitrogens with zero attached hydrogens (tertiary/aromatic N) is 1. The Balaban J connectivity index is 1.61. The number of hydrogen-bond donors (Lipinski definition) is 2. The van der Waals surface area contributed by atoms with Gasteiger partial charge >= 0.3 is 0 Å². The van der Waals surface area contributed by atoms with Gasteiger partial charge in [-0.2, -0.15) is 5.23 Å². The zero-order valence-electron chi connectivity index (χ0n) is 16.8. The molecule has 32 heavy (non-hydrogen) atoms. The van der Waals surface area contributed by atoms with E-state index in [4.69, 9.17) is 0 Å². The minimum absolute atomic E-state index is 0.0161. The van der Waals surface area contributed by atoms with Crippen LogP contribution < -0.4 is 10.1 Å². The molecule has 0 saturated carbocycles. The Labute approximate surface area is 183 Å². The zero-order valence-corrected chi connectivity index (χ0v) is 16.8. The monoisotopic (exact) mass is 426 g/mol. The van der Waals surface area contributed by atoms with E-state index in [1.807, 2.05) is 48.5 Å². The van der Waals surface area contributed by atoms with Crippen LogP contribution in [-0.2, 0) is 19.8 Å². The molecule has 4 aliphatic rings. The minimum atomic E-state index is -1.27. The lowest BCUT2D eigenvalue weighted by Gasteiger charge is -2.51. The molecule has 2 amide bonds. The van der Waals surface area contributed by atoms with Crippen LogP contribution in [0.15, 0.2) is 72.8 Å². The molecule has 0 radical (unpaired) electrons. The van der Waals surface area contributed by atoms with E-state index in [9.17, 15) is 24.8 Å². The van der Waals surface area contributed by atoms with Crippen molar-refractivity contribution < 1.29 is 24.8 Å². The third-order valence-electron chi connectivity index (χ3n) is 7.22. The van der Waals surface area contributed by atoms with E-state index in [0.29, 0.717) is 0 Å². The summed E-state index contributed by atoms with van der Waals surface area (Å²) >= 11 is 0. The Bertz CT molecular complexity index is 1270. The van der Waals surface area contributed by atoms with Gasteiger partial charge in [-0.25, -0.2) is 10.1 Å². The lowest BCUT2D eigenvalue weighted by Crippen LogP contribution is -2.99. The Morgan fingerprint density at radius 1 is 0.906 bits per heavy atom. The first-order valence-corrected chi connectivity index (χ1v) is 10.4. The van der Waals surface area contributed by atoms with E-state index >= 15 is 0 Å². The van der Waals surface area contributed by atoms with Crippen molar-refractivity contribution >= 4 is 29.5 Å². The predicted octanol–water partition coefficient (Wildman–Crippen LogP) is 1.84. The topological polar surface area (TPSA) is 102 Å². The molecule has 3 aliphatic carbocycles. The standard InChI is InChI=1S/C25H18N2O5/c28-13-25-18-10-3-1-8-16(18)20(17-9-2-4-11-19(17)25)21-22(25)24(30)26(23(21)29)14-6-5-7-15(12-14)27(31)32/h1-13,20-22,27,31H/t20?,21-,22+,25?/m0/s1. The second kappa shape index (κ2) is 6.43. The summed E-state index contributed by atoms with van der Waals surface area (Å²) in [6, 6.07) is 20.8. The van der Waals surface area contributed by atoms with Gasteiger partial charge in [-0.15, -0.1) is 0 Å². The number of carbonyl (C=O) groups excluding carboxylic acids is 3. The van der Waals surface area contributed by atoms with Gasteiger partial charge in [0.25, 0.3) is 0 Å². The van der Waals surface area contributed by atoms with E-state index in [0.717, 1.165) is 33.4 Å². The summed E-state index contributed by atoms with van der Waals surface area (Å²) in [5.41, 5.74) is 2.24. The van der Waals surface area contributed by atoms with Crippen molar-refractivity contribution in [3.8, 4) is 0 Å². The zero-order chi connectivity index (χ0) is 22.2. The first kappa shape index (κ1) is 19.1. The number of hydrogen-bond acceptors (Lipinski definition) is 5. The normalized spacial score (nSPS) is 28.2. The summed E-state index contributed by atoms with van der Waals surface area (Å²) < 4.78 is 0. The lowest BCUT2D eigenvalue weighted by molar-refractivity contribution is -0.991. The summed E-state index contributed by atoms with van der Waals surface area (Å²) in [6.07, 6.45) is 0.820. The van der Waals surface area contributed by atoms with Crippen molar-refractivity contribution in [3.05, 3.63) is 100 Å². The van der Waals surface area contributed by atoms with Crippen LogP contribution >= 0.6 is 0 Å². The molecule has 7 heteroatoms. The summed E-state index contributed by atoms with van der Waals surface area (Å²) in [4.78, 5) is 41.5. The molecule has 1 unspecified atom stereocenters. The van der Waals surface area contributed by atoms with E-state index in [1.165, 1.54) is 18.2 Å². The fraction of sp³-hybridized carbons (Fsp3) is 0.160. The number of aldehydes is 1. The number of quaternary nitrogens is 1. The van der Waals surface area contributed by atoms with Crippen molar-refractivity contribution in [3.63, 3.8) is 0 Å². The van der Waals surface area contributed by atoms with Crippen molar-refractivity contribution in [2.75, 3.05) is 4.90 Å². The molecule has 158 valence electrons. The number of nitrogens with one attached hydrogen (secondary N) is 1. The number of carbonyl (C=O) groups is 3. The van der Waals surface area contributed by atoms with Crippen LogP contribution in [0.25, 0.3) is 0 Å². The number of benzene rings is 3. The third-order valence-corrected chi connectivity index (χ3v) is 7.22. The van der Waals surface area contributed by atoms with Gasteiger partial charge < -0.3 is 10.0 Å². The molecule has 1 heterocycles. The van der Waals surface area contributed by atoms with Gasteiger partial charge in [0.2, 0.25) is 11.8 Å². The molecule has 2 bridgehead atoms. The molecule has 3 atom stereocenters. The van der Waals surface area contributed by atoms with Gasteiger partial charge in [-0.05, 0) is 28.3 Å². The summed E-state index contributed by atoms with van der Waals surface area (Å²) in [5.74, 6) is -2.83. The average Bonchev–Trinajstić information content (AvgIpc) is 3.10. The fourth-order valence-corrected chi connectivity index (χ4v) is 6.06. The Hall–Kier alpha value is -3.65. The first-order valence-electron chi connectivity index (χ1n) is 10.4. The van der Waals surface area contributed by atoms with Crippen LogP contribution in [0.2, 0.25) is 0 Å². The maximum absolute atomic E-state index is 13.8. The fourth-order valence-electron chi connectivity index (χ4n) is 6.06. The highest BCUT2D eigenvalue weighted by molar-refractivity contribution is 6.25. The number of rotatable bonds is 3. The molecule has 0 aromatic heterocycles. The van der Waals surface area contributed by atoms with Gasteiger partial charge in [0.15, 0.2) is 5.69 Å². The molecule has 1 saturated heterocycles. The first-order chi connectivity index (χ1) is 15.5. The maximum Gasteiger partial charge on any atom is 0.239 e. The summed E-state index contributed by atoms with van der Waals surface area (Å²) in [5, 5.41) is 19.7. The van der Waals surface area contributed by atoms with E-state index in [1.54, 1.807) is 6.07 Å². The Morgan fingerprint density at radius 3 is 2.12 bits per heavy atom. The molecule has 3 aromatic rings. The summed E-state index contributed by atoms with van der Waals surface area (Å²) in [6.45, 7) is 0. The highest BCUT2D eigenvalue weighted by Crippen LogP contribution is 2.63. The third kappa shape index (κ3) is 2.12. The number of imide groups is 1. The van der Waals surface area contributed by atoms with E-state index in [-0.39, 0.29) is 17.3 Å². The van der Waals surface area contributed by atoms with Crippen LogP contribution in [-0.4, -0.2) is 23.3 Å².